The molecular weight excluding hydrogens is 284 g/mol. The molecule has 1 N–H and O–H groups in total. The standard InChI is InChI=1S/C16H36N2O2S/c1-14(2,3)18(9)13-11-10-12-16(7,8)17-21(19,20)15(4,5)6/h17H,10-13H2,1-9H3. The first-order chi connectivity index (χ1) is 9.08. The molecule has 0 aromatic rings. The molecule has 0 saturated heterocycles. The van der Waals surface area contributed by atoms with E-state index in [-0.39, 0.29) is 5.54 Å². The number of hydrogen-bond acceptors (Lipinski definition) is 3. The van der Waals surface area contributed by atoms with Gasteiger partial charge in [-0.05, 0) is 81.8 Å². The van der Waals surface area contributed by atoms with Crippen LogP contribution in [0.4, 0.5) is 0 Å². The molecule has 0 saturated carbocycles. The lowest BCUT2D eigenvalue weighted by molar-refractivity contribution is 0.171. The van der Waals surface area contributed by atoms with Crippen LogP contribution in [0.2, 0.25) is 0 Å². The van der Waals surface area contributed by atoms with Crippen molar-refractivity contribution < 1.29 is 8.42 Å². The van der Waals surface area contributed by atoms with Crippen LogP contribution in [0.15, 0.2) is 0 Å². The Bertz CT molecular complexity index is 415. The molecule has 5 heteroatoms. The number of nitrogens with one attached hydrogen (secondary N) is 1. The maximum absolute atomic E-state index is 12.2. The minimum absolute atomic E-state index is 0.184. The topological polar surface area (TPSA) is 49.4 Å². The third-order valence-corrected chi connectivity index (χ3v) is 6.34. The summed E-state index contributed by atoms with van der Waals surface area (Å²) in [6.07, 6.45) is 2.94. The van der Waals surface area contributed by atoms with Crippen molar-refractivity contribution in [1.29, 1.82) is 0 Å². The Kier molecular flexibility index (Phi) is 6.92. The van der Waals surface area contributed by atoms with Crippen LogP contribution in [0.3, 0.4) is 0 Å². The molecule has 0 rings (SSSR count). The largest absolute Gasteiger partial charge is 0.302 e. The second-order valence-electron chi connectivity index (χ2n) is 8.65. The quantitative estimate of drug-likeness (QED) is 0.732. The van der Waals surface area contributed by atoms with E-state index in [1.54, 1.807) is 20.8 Å². The fourth-order valence-electron chi connectivity index (χ4n) is 1.82. The van der Waals surface area contributed by atoms with Crippen molar-refractivity contribution in [3.8, 4) is 0 Å². The average Bonchev–Trinajstić information content (AvgIpc) is 2.19. The Morgan fingerprint density at radius 2 is 1.38 bits per heavy atom. The highest BCUT2D eigenvalue weighted by molar-refractivity contribution is 7.90. The van der Waals surface area contributed by atoms with Crippen molar-refractivity contribution in [2.75, 3.05) is 13.6 Å². The van der Waals surface area contributed by atoms with Crippen LogP contribution >= 0.6 is 0 Å². The summed E-state index contributed by atoms with van der Waals surface area (Å²) in [6, 6.07) is 0. The number of unbranched alkanes of at least 4 members (excludes halogenated alkanes) is 1. The Hall–Kier alpha value is -0.130. The van der Waals surface area contributed by atoms with Gasteiger partial charge >= 0.3 is 0 Å². The Balaban J connectivity index is 4.34. The molecule has 0 radical (unpaired) electrons. The van der Waals surface area contributed by atoms with Gasteiger partial charge in [0, 0.05) is 11.1 Å². The molecule has 0 amide bonds. The Morgan fingerprint density at radius 3 is 1.76 bits per heavy atom. The highest BCUT2D eigenvalue weighted by Crippen LogP contribution is 2.21. The van der Waals surface area contributed by atoms with Crippen molar-refractivity contribution in [3.63, 3.8) is 0 Å². The first-order valence-electron chi connectivity index (χ1n) is 7.83. The van der Waals surface area contributed by atoms with Gasteiger partial charge in [0.25, 0.3) is 0 Å². The van der Waals surface area contributed by atoms with Crippen LogP contribution in [0.5, 0.6) is 0 Å². The van der Waals surface area contributed by atoms with Gasteiger partial charge < -0.3 is 4.90 Å². The summed E-state index contributed by atoms with van der Waals surface area (Å²) in [7, 11) is -1.16. The van der Waals surface area contributed by atoms with E-state index in [1.165, 1.54) is 0 Å². The van der Waals surface area contributed by atoms with E-state index in [1.807, 2.05) is 13.8 Å². The summed E-state index contributed by atoms with van der Waals surface area (Å²) in [5, 5.41) is 0. The van der Waals surface area contributed by atoms with Gasteiger partial charge in [-0.15, -0.1) is 0 Å². The van der Waals surface area contributed by atoms with Crippen molar-refractivity contribution in [1.82, 2.24) is 9.62 Å². The first kappa shape index (κ1) is 20.9. The molecule has 21 heavy (non-hydrogen) atoms. The van der Waals surface area contributed by atoms with Crippen LogP contribution in [0.1, 0.15) is 74.7 Å². The lowest BCUT2D eigenvalue weighted by Gasteiger charge is -2.33. The van der Waals surface area contributed by atoms with E-state index in [9.17, 15) is 8.42 Å². The zero-order chi connectivity index (χ0) is 17.1. The SMILES string of the molecule is CN(CCCCC(C)(C)NS(=O)(=O)C(C)(C)C)C(C)(C)C. The van der Waals surface area contributed by atoms with Crippen molar-refractivity contribution in [2.24, 2.45) is 0 Å². The van der Waals surface area contributed by atoms with Gasteiger partial charge in [0.1, 0.15) is 0 Å². The summed E-state index contributed by atoms with van der Waals surface area (Å²) in [6.45, 7) is 16.7. The van der Waals surface area contributed by atoms with Gasteiger partial charge in [-0.1, -0.05) is 6.42 Å². The molecule has 0 atom stereocenters. The Morgan fingerprint density at radius 1 is 0.905 bits per heavy atom. The zero-order valence-corrected chi connectivity index (χ0v) is 16.3. The normalized spacial score (nSPS) is 14.8. The van der Waals surface area contributed by atoms with Crippen LogP contribution in [-0.4, -0.2) is 42.7 Å². The van der Waals surface area contributed by atoms with Crippen molar-refractivity contribution >= 4 is 10.0 Å². The third-order valence-electron chi connectivity index (χ3n) is 3.91. The van der Waals surface area contributed by atoms with E-state index in [4.69, 9.17) is 0 Å². The van der Waals surface area contributed by atoms with Gasteiger partial charge in [-0.2, -0.15) is 0 Å². The number of hydrogen-bond donors (Lipinski definition) is 1. The van der Waals surface area contributed by atoms with E-state index in [0.29, 0.717) is 0 Å². The summed E-state index contributed by atoms with van der Waals surface area (Å²) < 4.78 is 26.5. The van der Waals surface area contributed by atoms with Gasteiger partial charge in [-0.25, -0.2) is 13.1 Å². The van der Waals surface area contributed by atoms with Crippen molar-refractivity contribution in [3.05, 3.63) is 0 Å². The number of rotatable bonds is 7. The smallest absolute Gasteiger partial charge is 0.217 e. The summed E-state index contributed by atoms with van der Waals surface area (Å²) in [5.74, 6) is 0. The lowest BCUT2D eigenvalue weighted by Crippen LogP contribution is -2.50. The summed E-state index contributed by atoms with van der Waals surface area (Å²) in [4.78, 5) is 2.33. The molecule has 4 nitrogen and oxygen atoms in total. The lowest BCUT2D eigenvalue weighted by atomic mass is 9.98. The van der Waals surface area contributed by atoms with Gasteiger partial charge in [0.05, 0.1) is 4.75 Å². The molecule has 0 aromatic carbocycles. The molecule has 0 aromatic heterocycles. The maximum Gasteiger partial charge on any atom is 0.217 e. The molecule has 128 valence electrons. The average molecular weight is 321 g/mol. The highest BCUT2D eigenvalue weighted by Gasteiger charge is 2.34. The maximum atomic E-state index is 12.2. The fourth-order valence-corrected chi connectivity index (χ4v) is 2.95. The molecule has 0 heterocycles. The van der Waals surface area contributed by atoms with Crippen LogP contribution in [0.25, 0.3) is 0 Å². The fraction of sp³-hybridized carbons (Fsp3) is 1.00. The predicted octanol–water partition coefficient (Wildman–Crippen LogP) is 3.38. The van der Waals surface area contributed by atoms with Gasteiger partial charge in [-0.3, -0.25) is 0 Å². The molecular formula is C16H36N2O2S. The third kappa shape index (κ3) is 7.61. The minimum atomic E-state index is -3.29. The second kappa shape index (κ2) is 6.97. The summed E-state index contributed by atoms with van der Waals surface area (Å²) in [5.41, 5.74) is -0.213. The second-order valence-corrected chi connectivity index (χ2v) is 11.1. The molecule has 0 aliphatic carbocycles. The monoisotopic (exact) mass is 320 g/mol. The number of nitrogens with zero attached hydrogens (tertiary/aromatic N) is 1. The van der Waals surface area contributed by atoms with E-state index in [0.717, 1.165) is 25.8 Å². The van der Waals surface area contributed by atoms with Crippen LogP contribution in [0, 0.1) is 0 Å². The van der Waals surface area contributed by atoms with E-state index < -0.39 is 20.3 Å². The van der Waals surface area contributed by atoms with Gasteiger partial charge in [0.15, 0.2) is 0 Å². The van der Waals surface area contributed by atoms with Crippen LogP contribution in [-0.2, 0) is 10.0 Å². The number of sulfonamides is 1. The first-order valence-corrected chi connectivity index (χ1v) is 9.32. The summed E-state index contributed by atoms with van der Waals surface area (Å²) >= 11 is 0. The molecule has 0 unspecified atom stereocenters. The van der Waals surface area contributed by atoms with Crippen LogP contribution < -0.4 is 4.72 Å². The van der Waals surface area contributed by atoms with E-state index in [2.05, 4.69) is 37.4 Å². The molecule has 0 fully saturated rings. The Labute approximate surface area is 132 Å². The highest BCUT2D eigenvalue weighted by atomic mass is 32.2. The minimum Gasteiger partial charge on any atom is -0.302 e. The molecule has 0 aliphatic rings. The van der Waals surface area contributed by atoms with E-state index >= 15 is 0 Å². The predicted molar refractivity (Wildman–Crippen MR) is 92.1 cm³/mol. The molecule has 0 spiro atoms. The molecule has 0 aliphatic heterocycles. The van der Waals surface area contributed by atoms with Gasteiger partial charge in [0.2, 0.25) is 10.0 Å². The van der Waals surface area contributed by atoms with Crippen molar-refractivity contribution in [2.45, 2.75) is 90.5 Å². The molecule has 0 bridgehead atoms. The zero-order valence-electron chi connectivity index (χ0n) is 15.5.